The number of hydrogen-bond acceptors (Lipinski definition) is 3. The van der Waals surface area contributed by atoms with Gasteiger partial charge in [-0.05, 0) is 19.9 Å². The van der Waals surface area contributed by atoms with E-state index in [2.05, 4.69) is 0 Å². The molecular formula is C12H21N3O2. The van der Waals surface area contributed by atoms with E-state index in [1.807, 2.05) is 16.8 Å². The van der Waals surface area contributed by atoms with Crippen molar-refractivity contribution in [1.82, 2.24) is 9.80 Å². The third-order valence-electron chi connectivity index (χ3n) is 3.99. The molecular weight excluding hydrogens is 218 g/mol. The molecule has 1 aliphatic heterocycles. The van der Waals surface area contributed by atoms with Crippen molar-refractivity contribution in [2.75, 3.05) is 26.7 Å². The van der Waals surface area contributed by atoms with Gasteiger partial charge in [-0.1, -0.05) is 12.8 Å². The van der Waals surface area contributed by atoms with Gasteiger partial charge >= 0.3 is 0 Å². The van der Waals surface area contributed by atoms with Crippen LogP contribution in [0, 0.1) is 5.92 Å². The summed E-state index contributed by atoms with van der Waals surface area (Å²) < 4.78 is 0. The number of amides is 2. The smallest absolute Gasteiger partial charge is 0.236 e. The minimum atomic E-state index is -0.337. The summed E-state index contributed by atoms with van der Waals surface area (Å²) in [5, 5.41) is 0. The molecule has 0 radical (unpaired) electrons. The van der Waals surface area contributed by atoms with E-state index in [0.717, 1.165) is 38.8 Å². The Kier molecular flexibility index (Phi) is 3.66. The van der Waals surface area contributed by atoms with Gasteiger partial charge in [-0.2, -0.15) is 0 Å². The van der Waals surface area contributed by atoms with Gasteiger partial charge in [-0.15, -0.1) is 0 Å². The molecule has 2 N–H and O–H groups in total. The second-order valence-corrected chi connectivity index (χ2v) is 5.16. The van der Waals surface area contributed by atoms with Gasteiger partial charge in [0.05, 0.1) is 0 Å². The molecule has 5 nitrogen and oxygen atoms in total. The Morgan fingerprint density at radius 1 is 1.18 bits per heavy atom. The van der Waals surface area contributed by atoms with E-state index in [4.69, 9.17) is 5.73 Å². The molecule has 0 aromatic heterocycles. The molecule has 2 fully saturated rings. The lowest BCUT2D eigenvalue weighted by Crippen LogP contribution is -2.58. The van der Waals surface area contributed by atoms with Crippen LogP contribution in [0.2, 0.25) is 0 Å². The molecule has 0 aromatic rings. The van der Waals surface area contributed by atoms with Crippen LogP contribution < -0.4 is 5.73 Å². The predicted octanol–water partition coefficient (Wildman–Crippen LogP) is -0.195. The van der Waals surface area contributed by atoms with Gasteiger partial charge in [0.2, 0.25) is 11.8 Å². The molecule has 1 heterocycles. The quantitative estimate of drug-likeness (QED) is 0.726. The zero-order valence-corrected chi connectivity index (χ0v) is 10.4. The van der Waals surface area contributed by atoms with Gasteiger partial charge in [-0.25, -0.2) is 0 Å². The Morgan fingerprint density at radius 3 is 2.41 bits per heavy atom. The Labute approximate surface area is 102 Å². The van der Waals surface area contributed by atoms with Crippen molar-refractivity contribution >= 4 is 11.8 Å². The highest BCUT2D eigenvalue weighted by atomic mass is 16.2. The summed E-state index contributed by atoms with van der Waals surface area (Å²) in [5.41, 5.74) is 5.35. The first kappa shape index (κ1) is 12.4. The lowest BCUT2D eigenvalue weighted by atomic mass is 10.0. The summed E-state index contributed by atoms with van der Waals surface area (Å²) in [5.74, 6) is 0.0743. The van der Waals surface area contributed by atoms with Gasteiger partial charge in [0, 0.05) is 25.6 Å². The van der Waals surface area contributed by atoms with Crippen molar-refractivity contribution in [1.29, 1.82) is 0 Å². The fraction of sp³-hybridized carbons (Fsp3) is 0.833. The van der Waals surface area contributed by atoms with E-state index in [1.54, 1.807) is 0 Å². The van der Waals surface area contributed by atoms with Crippen LogP contribution in [0.3, 0.4) is 0 Å². The molecule has 2 aliphatic rings. The molecule has 0 spiro atoms. The molecule has 2 rings (SSSR count). The fourth-order valence-corrected chi connectivity index (χ4v) is 2.81. The Morgan fingerprint density at radius 2 is 1.82 bits per heavy atom. The first-order valence-corrected chi connectivity index (χ1v) is 6.38. The highest BCUT2D eigenvalue weighted by molar-refractivity contribution is 5.83. The van der Waals surface area contributed by atoms with Crippen LogP contribution in [-0.2, 0) is 9.59 Å². The van der Waals surface area contributed by atoms with E-state index < -0.39 is 0 Å². The number of rotatable bonds is 2. The summed E-state index contributed by atoms with van der Waals surface area (Å²) in [6, 6.07) is -0.325. The number of nitrogens with zero attached hydrogens (tertiary/aromatic N) is 2. The number of likely N-dealkylation sites (N-methyl/N-ethyl adjacent to an activating group) is 1. The van der Waals surface area contributed by atoms with E-state index in [-0.39, 0.29) is 23.8 Å². The molecule has 17 heavy (non-hydrogen) atoms. The number of primary amides is 1. The van der Waals surface area contributed by atoms with Crippen molar-refractivity contribution < 1.29 is 9.59 Å². The van der Waals surface area contributed by atoms with Crippen LogP contribution in [0.15, 0.2) is 0 Å². The number of hydrogen-bond donors (Lipinski definition) is 1. The third kappa shape index (κ3) is 2.60. The fourth-order valence-electron chi connectivity index (χ4n) is 2.81. The Hall–Kier alpha value is -1.10. The lowest BCUT2D eigenvalue weighted by molar-refractivity contribution is -0.140. The van der Waals surface area contributed by atoms with Crippen molar-refractivity contribution in [3.05, 3.63) is 0 Å². The normalized spacial score (nSPS) is 27.4. The summed E-state index contributed by atoms with van der Waals surface area (Å²) >= 11 is 0. The predicted molar refractivity (Wildman–Crippen MR) is 64.2 cm³/mol. The molecule has 0 unspecified atom stereocenters. The minimum absolute atomic E-state index is 0.187. The van der Waals surface area contributed by atoms with Gasteiger partial charge in [0.15, 0.2) is 0 Å². The van der Waals surface area contributed by atoms with Gasteiger partial charge in [-0.3, -0.25) is 14.5 Å². The van der Waals surface area contributed by atoms with Gasteiger partial charge < -0.3 is 10.6 Å². The standard InChI is InChI=1S/C12H21N3O2/c1-14-6-7-15(8-10(14)11(13)16)12(17)9-4-2-3-5-9/h9-10H,2-8H2,1H3,(H2,13,16)/t10-/m0/s1. The molecule has 2 amide bonds. The van der Waals surface area contributed by atoms with Crippen LogP contribution in [0.5, 0.6) is 0 Å². The maximum Gasteiger partial charge on any atom is 0.236 e. The van der Waals surface area contributed by atoms with Crippen LogP contribution in [0.1, 0.15) is 25.7 Å². The lowest BCUT2D eigenvalue weighted by Gasteiger charge is -2.38. The maximum absolute atomic E-state index is 12.2. The van der Waals surface area contributed by atoms with Crippen molar-refractivity contribution in [2.45, 2.75) is 31.7 Å². The molecule has 96 valence electrons. The topological polar surface area (TPSA) is 66.6 Å². The van der Waals surface area contributed by atoms with Crippen molar-refractivity contribution in [3.63, 3.8) is 0 Å². The van der Waals surface area contributed by atoms with E-state index >= 15 is 0 Å². The second kappa shape index (κ2) is 5.04. The van der Waals surface area contributed by atoms with Gasteiger partial charge in [0.25, 0.3) is 0 Å². The molecule has 5 heteroatoms. The van der Waals surface area contributed by atoms with Crippen LogP contribution in [-0.4, -0.2) is 54.3 Å². The Bertz CT molecular complexity index is 313. The van der Waals surface area contributed by atoms with Crippen molar-refractivity contribution in [2.24, 2.45) is 11.7 Å². The largest absolute Gasteiger partial charge is 0.368 e. The highest BCUT2D eigenvalue weighted by Gasteiger charge is 2.34. The number of piperazine rings is 1. The highest BCUT2D eigenvalue weighted by Crippen LogP contribution is 2.27. The summed E-state index contributed by atoms with van der Waals surface area (Å²) in [4.78, 5) is 27.3. The molecule has 0 bridgehead atoms. The summed E-state index contributed by atoms with van der Waals surface area (Å²) in [7, 11) is 1.88. The van der Waals surface area contributed by atoms with E-state index in [0.29, 0.717) is 6.54 Å². The number of nitrogens with two attached hydrogens (primary N) is 1. The SMILES string of the molecule is CN1CCN(C(=O)C2CCCC2)C[C@H]1C(N)=O. The van der Waals surface area contributed by atoms with Crippen molar-refractivity contribution in [3.8, 4) is 0 Å². The molecule has 1 atom stereocenters. The minimum Gasteiger partial charge on any atom is -0.368 e. The monoisotopic (exact) mass is 239 g/mol. The number of carbonyl (C=O) groups is 2. The average Bonchev–Trinajstić information content (AvgIpc) is 2.81. The van der Waals surface area contributed by atoms with Crippen LogP contribution in [0.4, 0.5) is 0 Å². The maximum atomic E-state index is 12.2. The number of carbonyl (C=O) groups excluding carboxylic acids is 2. The second-order valence-electron chi connectivity index (χ2n) is 5.16. The van der Waals surface area contributed by atoms with Crippen LogP contribution >= 0.6 is 0 Å². The summed E-state index contributed by atoms with van der Waals surface area (Å²) in [6.45, 7) is 1.91. The van der Waals surface area contributed by atoms with Crippen LogP contribution in [0.25, 0.3) is 0 Å². The molecule has 1 saturated heterocycles. The summed E-state index contributed by atoms with van der Waals surface area (Å²) in [6.07, 6.45) is 4.33. The van der Waals surface area contributed by atoms with E-state index in [9.17, 15) is 9.59 Å². The first-order chi connectivity index (χ1) is 8.09. The van der Waals surface area contributed by atoms with E-state index in [1.165, 1.54) is 0 Å². The van der Waals surface area contributed by atoms with Gasteiger partial charge in [0.1, 0.15) is 6.04 Å². The first-order valence-electron chi connectivity index (χ1n) is 6.38. The molecule has 1 aliphatic carbocycles. The zero-order valence-electron chi connectivity index (χ0n) is 10.4. The third-order valence-corrected chi connectivity index (χ3v) is 3.99. The molecule has 1 saturated carbocycles. The molecule has 0 aromatic carbocycles. The zero-order chi connectivity index (χ0) is 12.4. The Balaban J connectivity index is 1.97. The average molecular weight is 239 g/mol.